The van der Waals surface area contributed by atoms with Crippen LogP contribution in [-0.4, -0.2) is 81.9 Å². The molecule has 0 saturated carbocycles. The number of fused-ring (bicyclic) bond motifs is 1. The topological polar surface area (TPSA) is 96.5 Å². The Kier molecular flexibility index (Phi) is 5.45. The number of amides is 2. The maximum absolute atomic E-state index is 12.9. The second-order valence-electron chi connectivity index (χ2n) is 6.38. The first kappa shape index (κ1) is 19.3. The molecule has 0 radical (unpaired) electrons. The molecule has 2 amide bonds. The minimum absolute atomic E-state index is 0.0766. The number of benzene rings is 1. The summed E-state index contributed by atoms with van der Waals surface area (Å²) in [6, 6.07) is 6.74. The average Bonchev–Trinajstić information content (AvgIpc) is 2.66. The Bertz CT molecular complexity index is 820. The summed E-state index contributed by atoms with van der Waals surface area (Å²) < 4.78 is 36.3. The number of anilines is 1. The Balaban J connectivity index is 1.70. The van der Waals surface area contributed by atoms with E-state index in [1.807, 2.05) is 0 Å². The van der Waals surface area contributed by atoms with Crippen LogP contribution in [-0.2, 0) is 19.6 Å². The SMILES string of the molecule is CCOC(=O)N1CCN(C(=O)C2CN(S(C)(=O)=O)c3ccccc3O2)CC1. The standard InChI is InChI=1S/C17H23N3O6S/c1-3-25-17(22)19-10-8-18(9-11-19)16(21)15-12-20(27(2,23)24)13-6-4-5-7-14(13)26-15/h4-7,15H,3,8-12H2,1-2H3. The number of nitrogens with zero attached hydrogens (tertiary/aromatic N) is 3. The van der Waals surface area contributed by atoms with Gasteiger partial charge in [-0.15, -0.1) is 0 Å². The number of carbonyl (C=O) groups excluding carboxylic acids is 2. The molecule has 1 atom stereocenters. The molecule has 2 heterocycles. The molecule has 1 aromatic carbocycles. The monoisotopic (exact) mass is 397 g/mol. The van der Waals surface area contributed by atoms with Crippen LogP contribution in [0.4, 0.5) is 10.5 Å². The highest BCUT2D eigenvalue weighted by Gasteiger charge is 2.38. The molecule has 2 aliphatic rings. The minimum atomic E-state index is -3.55. The van der Waals surface area contributed by atoms with E-state index >= 15 is 0 Å². The summed E-state index contributed by atoms with van der Waals surface area (Å²) in [6.45, 7) is 3.38. The van der Waals surface area contributed by atoms with Gasteiger partial charge in [0.25, 0.3) is 5.91 Å². The predicted octanol–water partition coefficient (Wildman–Crippen LogP) is 0.514. The molecule has 0 spiro atoms. The van der Waals surface area contributed by atoms with Gasteiger partial charge in [-0.1, -0.05) is 12.1 Å². The van der Waals surface area contributed by atoms with Crippen LogP contribution in [0.2, 0.25) is 0 Å². The van der Waals surface area contributed by atoms with Gasteiger partial charge >= 0.3 is 6.09 Å². The van der Waals surface area contributed by atoms with Gasteiger partial charge in [0, 0.05) is 26.2 Å². The molecule has 1 unspecified atom stereocenters. The normalized spacial score (nSPS) is 19.9. The van der Waals surface area contributed by atoms with Crippen LogP contribution >= 0.6 is 0 Å². The fraction of sp³-hybridized carbons (Fsp3) is 0.529. The number of ether oxygens (including phenoxy) is 2. The van der Waals surface area contributed by atoms with E-state index in [9.17, 15) is 18.0 Å². The van der Waals surface area contributed by atoms with Crippen molar-refractivity contribution in [1.29, 1.82) is 0 Å². The van der Waals surface area contributed by atoms with E-state index in [2.05, 4.69) is 0 Å². The Hall–Kier alpha value is -2.49. The molecule has 9 nitrogen and oxygen atoms in total. The van der Waals surface area contributed by atoms with Gasteiger partial charge in [-0.05, 0) is 19.1 Å². The van der Waals surface area contributed by atoms with Crippen LogP contribution < -0.4 is 9.04 Å². The van der Waals surface area contributed by atoms with Crippen molar-refractivity contribution in [2.75, 3.05) is 49.9 Å². The molecular formula is C17H23N3O6S. The number of hydrogen-bond donors (Lipinski definition) is 0. The van der Waals surface area contributed by atoms with Gasteiger partial charge in [0.2, 0.25) is 10.0 Å². The smallest absolute Gasteiger partial charge is 0.409 e. The van der Waals surface area contributed by atoms with Crippen LogP contribution in [0.5, 0.6) is 5.75 Å². The number of sulfonamides is 1. The van der Waals surface area contributed by atoms with Gasteiger partial charge in [0.1, 0.15) is 5.75 Å². The molecule has 10 heteroatoms. The van der Waals surface area contributed by atoms with Crippen LogP contribution in [0.1, 0.15) is 6.92 Å². The van der Waals surface area contributed by atoms with E-state index in [0.717, 1.165) is 6.26 Å². The molecule has 27 heavy (non-hydrogen) atoms. The largest absolute Gasteiger partial charge is 0.476 e. The van der Waals surface area contributed by atoms with Gasteiger partial charge < -0.3 is 19.3 Å². The molecule has 0 aliphatic carbocycles. The summed E-state index contributed by atoms with van der Waals surface area (Å²) in [4.78, 5) is 27.8. The first-order chi connectivity index (χ1) is 12.8. The van der Waals surface area contributed by atoms with Gasteiger partial charge in [-0.2, -0.15) is 0 Å². The van der Waals surface area contributed by atoms with E-state index < -0.39 is 22.2 Å². The van der Waals surface area contributed by atoms with Crippen molar-refractivity contribution in [3.63, 3.8) is 0 Å². The molecule has 1 saturated heterocycles. The Morgan fingerprint density at radius 2 is 1.78 bits per heavy atom. The van der Waals surface area contributed by atoms with Crippen LogP contribution in [0.3, 0.4) is 0 Å². The molecule has 1 fully saturated rings. The molecule has 2 aliphatic heterocycles. The number of rotatable bonds is 3. The van der Waals surface area contributed by atoms with E-state index in [4.69, 9.17) is 9.47 Å². The van der Waals surface area contributed by atoms with Gasteiger partial charge in [0.05, 0.1) is 25.1 Å². The molecule has 0 aromatic heterocycles. The molecule has 0 N–H and O–H groups in total. The van der Waals surface area contributed by atoms with Gasteiger partial charge in [-0.25, -0.2) is 13.2 Å². The van der Waals surface area contributed by atoms with Gasteiger partial charge in [0.15, 0.2) is 6.10 Å². The van der Waals surface area contributed by atoms with E-state index in [0.29, 0.717) is 44.2 Å². The predicted molar refractivity (Wildman–Crippen MR) is 98.2 cm³/mol. The maximum Gasteiger partial charge on any atom is 0.409 e. The number of para-hydroxylation sites is 2. The first-order valence-electron chi connectivity index (χ1n) is 8.75. The molecule has 0 bridgehead atoms. The number of piperazine rings is 1. The van der Waals surface area contributed by atoms with Crippen molar-refractivity contribution >= 4 is 27.7 Å². The molecule has 148 valence electrons. The minimum Gasteiger partial charge on any atom is -0.476 e. The number of carbonyl (C=O) groups is 2. The fourth-order valence-electron chi connectivity index (χ4n) is 3.17. The van der Waals surface area contributed by atoms with E-state index in [-0.39, 0.29) is 12.5 Å². The van der Waals surface area contributed by atoms with Gasteiger partial charge in [-0.3, -0.25) is 9.10 Å². The molecule has 1 aromatic rings. The second kappa shape index (κ2) is 7.63. The van der Waals surface area contributed by atoms with E-state index in [1.165, 1.54) is 4.31 Å². The second-order valence-corrected chi connectivity index (χ2v) is 8.29. The summed E-state index contributed by atoms with van der Waals surface area (Å²) in [7, 11) is -3.55. The lowest BCUT2D eigenvalue weighted by Crippen LogP contribution is -2.57. The van der Waals surface area contributed by atoms with E-state index in [1.54, 1.807) is 41.0 Å². The fourth-order valence-corrected chi connectivity index (χ4v) is 4.09. The zero-order valence-corrected chi connectivity index (χ0v) is 16.1. The summed E-state index contributed by atoms with van der Waals surface area (Å²) in [5, 5.41) is 0. The Labute approximate surface area is 158 Å². The van der Waals surface area contributed by atoms with Crippen molar-refractivity contribution in [1.82, 2.24) is 9.80 Å². The highest BCUT2D eigenvalue weighted by atomic mass is 32.2. The van der Waals surface area contributed by atoms with Crippen molar-refractivity contribution in [2.24, 2.45) is 0 Å². The third-order valence-electron chi connectivity index (χ3n) is 4.53. The zero-order valence-electron chi connectivity index (χ0n) is 15.3. The highest BCUT2D eigenvalue weighted by Crippen LogP contribution is 2.35. The number of hydrogen-bond acceptors (Lipinski definition) is 6. The van der Waals surface area contributed by atoms with Crippen molar-refractivity contribution in [3.05, 3.63) is 24.3 Å². The van der Waals surface area contributed by atoms with Crippen LogP contribution in [0, 0.1) is 0 Å². The van der Waals surface area contributed by atoms with Crippen molar-refractivity contribution in [3.8, 4) is 5.75 Å². The third kappa shape index (κ3) is 4.10. The quantitative estimate of drug-likeness (QED) is 0.738. The molecular weight excluding hydrogens is 374 g/mol. The lowest BCUT2D eigenvalue weighted by Gasteiger charge is -2.39. The first-order valence-corrected chi connectivity index (χ1v) is 10.6. The average molecular weight is 397 g/mol. The maximum atomic E-state index is 12.9. The Morgan fingerprint density at radius 3 is 2.41 bits per heavy atom. The highest BCUT2D eigenvalue weighted by molar-refractivity contribution is 7.92. The third-order valence-corrected chi connectivity index (χ3v) is 5.67. The zero-order chi connectivity index (χ0) is 19.6. The Morgan fingerprint density at radius 1 is 1.15 bits per heavy atom. The summed E-state index contributed by atoms with van der Waals surface area (Å²) in [5.74, 6) is 0.0688. The van der Waals surface area contributed by atoms with Crippen LogP contribution in [0.25, 0.3) is 0 Å². The molecule has 3 rings (SSSR count). The summed E-state index contributed by atoms with van der Waals surface area (Å²) in [6.07, 6.45) is -0.214. The summed E-state index contributed by atoms with van der Waals surface area (Å²) >= 11 is 0. The summed E-state index contributed by atoms with van der Waals surface area (Å²) in [5.41, 5.74) is 0.427. The lowest BCUT2D eigenvalue weighted by atomic mass is 10.2. The van der Waals surface area contributed by atoms with Crippen molar-refractivity contribution < 1.29 is 27.5 Å². The van der Waals surface area contributed by atoms with Crippen LogP contribution in [0.15, 0.2) is 24.3 Å². The van der Waals surface area contributed by atoms with Crippen molar-refractivity contribution in [2.45, 2.75) is 13.0 Å². The lowest BCUT2D eigenvalue weighted by molar-refractivity contribution is -0.140.